The number of rotatable bonds is 2. The van der Waals surface area contributed by atoms with Crippen LogP contribution in [0.3, 0.4) is 0 Å². The Kier molecular flexibility index (Phi) is 2.12. The smallest absolute Gasteiger partial charge is 0.0985 e. The van der Waals surface area contributed by atoms with Crippen LogP contribution in [0.25, 0.3) is 0 Å². The predicted octanol–water partition coefficient (Wildman–Crippen LogP) is 0.696. The standard InChI is InChI=1S/C7H8N2O/c1-2-7(10)6-3-4-8-9-5-6/h2-5,7,10H,1H2. The summed E-state index contributed by atoms with van der Waals surface area (Å²) < 4.78 is 0. The molecule has 0 aliphatic rings. The lowest BCUT2D eigenvalue weighted by Gasteiger charge is -2.01. The molecule has 0 aliphatic carbocycles. The summed E-state index contributed by atoms with van der Waals surface area (Å²) in [6.07, 6.45) is 3.85. The molecule has 10 heavy (non-hydrogen) atoms. The molecule has 1 N–H and O–H groups in total. The highest BCUT2D eigenvalue weighted by molar-refractivity contribution is 5.13. The van der Waals surface area contributed by atoms with Crippen molar-refractivity contribution in [2.24, 2.45) is 0 Å². The Bertz CT molecular complexity index is 210. The fourth-order valence-corrected chi connectivity index (χ4v) is 0.612. The Hall–Kier alpha value is -1.22. The van der Waals surface area contributed by atoms with Crippen molar-refractivity contribution in [1.29, 1.82) is 0 Å². The largest absolute Gasteiger partial charge is 0.384 e. The Morgan fingerprint density at radius 1 is 1.60 bits per heavy atom. The van der Waals surface area contributed by atoms with Gasteiger partial charge in [0.2, 0.25) is 0 Å². The van der Waals surface area contributed by atoms with E-state index in [9.17, 15) is 0 Å². The van der Waals surface area contributed by atoms with Gasteiger partial charge in [-0.2, -0.15) is 10.2 Å². The first kappa shape index (κ1) is 6.89. The number of aromatic nitrogens is 2. The molecule has 1 heterocycles. The third-order valence-electron chi connectivity index (χ3n) is 1.17. The monoisotopic (exact) mass is 136 g/mol. The van der Waals surface area contributed by atoms with Gasteiger partial charge in [0.25, 0.3) is 0 Å². The second-order valence-electron chi connectivity index (χ2n) is 1.86. The van der Waals surface area contributed by atoms with Crippen molar-refractivity contribution in [3.05, 3.63) is 36.7 Å². The molecular formula is C7H8N2O. The van der Waals surface area contributed by atoms with Crippen molar-refractivity contribution in [1.82, 2.24) is 10.2 Å². The van der Waals surface area contributed by atoms with Crippen molar-refractivity contribution < 1.29 is 5.11 Å². The number of aliphatic hydroxyl groups excluding tert-OH is 1. The molecule has 1 unspecified atom stereocenters. The van der Waals surface area contributed by atoms with Crippen molar-refractivity contribution in [3.8, 4) is 0 Å². The molecule has 3 heteroatoms. The van der Waals surface area contributed by atoms with Crippen LogP contribution in [0.4, 0.5) is 0 Å². The quantitative estimate of drug-likeness (QED) is 0.608. The molecule has 0 aromatic carbocycles. The van der Waals surface area contributed by atoms with Crippen LogP contribution in [0.1, 0.15) is 11.7 Å². The van der Waals surface area contributed by atoms with Crippen molar-refractivity contribution in [2.45, 2.75) is 6.10 Å². The highest BCUT2D eigenvalue weighted by Crippen LogP contribution is 2.09. The van der Waals surface area contributed by atoms with E-state index in [2.05, 4.69) is 16.8 Å². The van der Waals surface area contributed by atoms with Crippen molar-refractivity contribution >= 4 is 0 Å². The van der Waals surface area contributed by atoms with Crippen LogP contribution in [0, 0.1) is 0 Å². The van der Waals surface area contributed by atoms with Crippen LogP contribution < -0.4 is 0 Å². The zero-order valence-corrected chi connectivity index (χ0v) is 5.44. The van der Waals surface area contributed by atoms with Crippen LogP contribution in [0.2, 0.25) is 0 Å². The van der Waals surface area contributed by atoms with Gasteiger partial charge < -0.3 is 5.11 Å². The lowest BCUT2D eigenvalue weighted by molar-refractivity contribution is 0.228. The Balaban J connectivity index is 2.84. The lowest BCUT2D eigenvalue weighted by Crippen LogP contribution is -1.93. The van der Waals surface area contributed by atoms with Crippen LogP contribution in [-0.4, -0.2) is 15.3 Å². The van der Waals surface area contributed by atoms with E-state index in [1.165, 1.54) is 18.5 Å². The normalized spacial score (nSPS) is 12.5. The molecule has 1 aromatic heterocycles. The first-order valence-corrected chi connectivity index (χ1v) is 2.92. The van der Waals surface area contributed by atoms with Crippen LogP contribution >= 0.6 is 0 Å². The number of hydrogen-bond donors (Lipinski definition) is 1. The molecule has 3 nitrogen and oxygen atoms in total. The van der Waals surface area contributed by atoms with Gasteiger partial charge in [-0.05, 0) is 6.07 Å². The van der Waals surface area contributed by atoms with Gasteiger partial charge in [-0.25, -0.2) is 0 Å². The Morgan fingerprint density at radius 3 is 2.90 bits per heavy atom. The van der Waals surface area contributed by atoms with Gasteiger partial charge in [-0.15, -0.1) is 6.58 Å². The molecule has 1 atom stereocenters. The van der Waals surface area contributed by atoms with Gasteiger partial charge in [-0.1, -0.05) is 6.08 Å². The maximum atomic E-state index is 9.14. The summed E-state index contributed by atoms with van der Waals surface area (Å²) in [5.41, 5.74) is 0.713. The molecule has 1 aromatic rings. The molecule has 0 radical (unpaired) electrons. The summed E-state index contributed by atoms with van der Waals surface area (Å²) in [5, 5.41) is 16.3. The first-order chi connectivity index (χ1) is 4.84. The molecule has 52 valence electrons. The first-order valence-electron chi connectivity index (χ1n) is 2.92. The van der Waals surface area contributed by atoms with Crippen molar-refractivity contribution in [2.75, 3.05) is 0 Å². The third kappa shape index (κ3) is 1.39. The summed E-state index contributed by atoms with van der Waals surface area (Å²) in [6, 6.07) is 1.69. The minimum absolute atomic E-state index is 0.629. The second kappa shape index (κ2) is 3.08. The topological polar surface area (TPSA) is 46.0 Å². The zero-order valence-electron chi connectivity index (χ0n) is 5.44. The lowest BCUT2D eigenvalue weighted by atomic mass is 10.2. The fourth-order valence-electron chi connectivity index (χ4n) is 0.612. The van der Waals surface area contributed by atoms with E-state index in [0.29, 0.717) is 5.56 Å². The fraction of sp³-hybridized carbons (Fsp3) is 0.143. The minimum atomic E-state index is -0.629. The highest BCUT2D eigenvalue weighted by Gasteiger charge is 1.99. The summed E-state index contributed by atoms with van der Waals surface area (Å²) in [5.74, 6) is 0. The van der Waals surface area contributed by atoms with E-state index < -0.39 is 6.10 Å². The molecule has 1 rings (SSSR count). The third-order valence-corrected chi connectivity index (χ3v) is 1.17. The predicted molar refractivity (Wildman–Crippen MR) is 37.2 cm³/mol. The van der Waals surface area contributed by atoms with E-state index in [-0.39, 0.29) is 0 Å². The van der Waals surface area contributed by atoms with Crippen molar-refractivity contribution in [3.63, 3.8) is 0 Å². The van der Waals surface area contributed by atoms with E-state index in [0.717, 1.165) is 0 Å². The van der Waals surface area contributed by atoms with Crippen LogP contribution in [0.5, 0.6) is 0 Å². The van der Waals surface area contributed by atoms with Gasteiger partial charge in [0.1, 0.15) is 0 Å². The molecular weight excluding hydrogens is 128 g/mol. The Labute approximate surface area is 59.0 Å². The summed E-state index contributed by atoms with van der Waals surface area (Å²) in [4.78, 5) is 0. The summed E-state index contributed by atoms with van der Waals surface area (Å²) in [6.45, 7) is 3.44. The average Bonchev–Trinajstić information content (AvgIpc) is 2.05. The van der Waals surface area contributed by atoms with E-state index >= 15 is 0 Å². The van der Waals surface area contributed by atoms with Gasteiger partial charge in [0.05, 0.1) is 12.3 Å². The maximum Gasteiger partial charge on any atom is 0.0985 e. The van der Waals surface area contributed by atoms with Gasteiger partial charge in [-0.3, -0.25) is 0 Å². The number of nitrogens with zero attached hydrogens (tertiary/aromatic N) is 2. The van der Waals surface area contributed by atoms with E-state index in [1.807, 2.05) is 0 Å². The molecule has 0 bridgehead atoms. The summed E-state index contributed by atoms with van der Waals surface area (Å²) >= 11 is 0. The van der Waals surface area contributed by atoms with E-state index in [1.54, 1.807) is 6.07 Å². The number of aliphatic hydroxyl groups is 1. The molecule has 0 amide bonds. The maximum absolute atomic E-state index is 9.14. The second-order valence-corrected chi connectivity index (χ2v) is 1.86. The molecule has 0 saturated carbocycles. The van der Waals surface area contributed by atoms with E-state index in [4.69, 9.17) is 5.11 Å². The molecule has 0 spiro atoms. The summed E-state index contributed by atoms with van der Waals surface area (Å²) in [7, 11) is 0. The zero-order chi connectivity index (χ0) is 7.40. The van der Waals surface area contributed by atoms with Gasteiger partial charge in [0.15, 0.2) is 0 Å². The SMILES string of the molecule is C=CC(O)c1ccnnc1. The molecule has 0 saturated heterocycles. The highest BCUT2D eigenvalue weighted by atomic mass is 16.3. The number of hydrogen-bond acceptors (Lipinski definition) is 3. The van der Waals surface area contributed by atoms with Gasteiger partial charge in [0, 0.05) is 11.8 Å². The molecule has 0 fully saturated rings. The molecule has 0 aliphatic heterocycles. The Morgan fingerprint density at radius 2 is 2.40 bits per heavy atom. The van der Waals surface area contributed by atoms with Gasteiger partial charge >= 0.3 is 0 Å². The average molecular weight is 136 g/mol. The minimum Gasteiger partial charge on any atom is -0.384 e. The van der Waals surface area contributed by atoms with Crippen LogP contribution in [0.15, 0.2) is 31.1 Å². The van der Waals surface area contributed by atoms with Crippen LogP contribution in [-0.2, 0) is 0 Å².